The average Bonchev–Trinajstić information content (AvgIpc) is 3.39. The molecule has 0 saturated carbocycles. The third-order valence-electron chi connectivity index (χ3n) is 15.9. The first-order chi connectivity index (χ1) is 34.8. The molecule has 7 heteroatoms. The molecule has 0 aliphatic carbocycles. The summed E-state index contributed by atoms with van der Waals surface area (Å²) in [5.41, 5.74) is 5.16. The maximum atomic E-state index is 8.26. The molecule has 0 N–H and O–H groups in total. The van der Waals surface area contributed by atoms with Gasteiger partial charge in [0.25, 0.3) is 0 Å². The molecule has 0 radical (unpaired) electrons. The van der Waals surface area contributed by atoms with Crippen LogP contribution < -0.4 is 9.47 Å². The van der Waals surface area contributed by atoms with E-state index in [4.69, 9.17) is 23.2 Å². The van der Waals surface area contributed by atoms with E-state index in [1.807, 2.05) is 0 Å². The van der Waals surface area contributed by atoms with Crippen LogP contribution in [-0.2, 0) is 39.8 Å². The van der Waals surface area contributed by atoms with Crippen LogP contribution in [0.3, 0.4) is 0 Å². The standard InChI is InChI=1S/C64H118BO5P/c1-9-15-21-27-33-39-45-59-55-63(66-7)49-47-61(59)57-68-65(69-58-62-48-50-64(67-8)56-60(62)46-40-34-28-22-16-10-2)70-71(51-41-35-29-23-17-11-3,52-42-36-30-24-18-12-4,53-43-37-31-25-19-13-5)54-44-38-32-26-20-14-6/h47-50,55-56H,9-46,51-54,57-58H2,1-8H3. The fourth-order valence-electron chi connectivity index (χ4n) is 11.1. The first-order valence-corrected chi connectivity index (χ1v) is 34.0. The van der Waals surface area contributed by atoms with Crippen molar-refractivity contribution in [2.45, 2.75) is 299 Å². The van der Waals surface area contributed by atoms with Crippen LogP contribution in [0.1, 0.15) is 295 Å². The zero-order valence-electron chi connectivity index (χ0n) is 48.6. The predicted molar refractivity (Wildman–Crippen MR) is 316 cm³/mol. The molecule has 0 amide bonds. The fourth-order valence-corrected chi connectivity index (χ4v) is 17.6. The maximum absolute atomic E-state index is 8.26. The molecule has 0 heterocycles. The van der Waals surface area contributed by atoms with Gasteiger partial charge in [-0.2, -0.15) is 0 Å². The minimum absolute atomic E-state index is 0.474. The summed E-state index contributed by atoms with van der Waals surface area (Å²) in [7, 11) is 2.85. The predicted octanol–water partition coefficient (Wildman–Crippen LogP) is 21.2. The van der Waals surface area contributed by atoms with E-state index < -0.39 is 14.2 Å². The zero-order valence-corrected chi connectivity index (χ0v) is 49.5. The van der Waals surface area contributed by atoms with E-state index in [1.54, 1.807) is 14.2 Å². The number of hydrogen-bond donors (Lipinski definition) is 0. The average molecular weight is 1010 g/mol. The van der Waals surface area contributed by atoms with Gasteiger partial charge in [-0.1, -0.05) is 26.7 Å². The van der Waals surface area contributed by atoms with Crippen LogP contribution in [-0.4, -0.2) is 46.2 Å². The Morgan fingerprint density at radius 3 is 0.873 bits per heavy atom. The monoisotopic (exact) mass is 1010 g/mol. The van der Waals surface area contributed by atoms with Crippen molar-refractivity contribution in [2.24, 2.45) is 0 Å². The van der Waals surface area contributed by atoms with Crippen LogP contribution in [0.25, 0.3) is 0 Å². The van der Waals surface area contributed by atoms with Gasteiger partial charge in [0, 0.05) is 0 Å². The molecule has 0 aromatic heterocycles. The SMILES string of the molecule is CCCCCCCCc1cc(OC)ccc1COB(OCc1ccc(OC)cc1CCCCCCCC)OP(CCCCCCCC)(CCCCCCCC)(CCCCCCCC)CCCCCCCC. The molecule has 0 unspecified atom stereocenters. The number of methoxy groups -OCH3 is 2. The summed E-state index contributed by atoms with van der Waals surface area (Å²) < 4.78 is 34.5. The molecule has 0 bridgehead atoms. The fraction of sp³-hybridized carbons (Fsp3) is 0.812. The molecule has 2 aromatic carbocycles. The molecule has 0 aliphatic heterocycles. The second-order valence-corrected chi connectivity index (χ2v) is 27.9. The minimum atomic E-state index is -2.91. The second kappa shape index (κ2) is 43.6. The summed E-state index contributed by atoms with van der Waals surface area (Å²) in [5, 5.41) is 0. The van der Waals surface area contributed by atoms with Crippen molar-refractivity contribution >= 4 is 14.2 Å². The third kappa shape index (κ3) is 29.9. The molecule has 2 aromatic rings. The summed E-state index contributed by atoms with van der Waals surface area (Å²) >= 11 is 0. The van der Waals surface area contributed by atoms with Crippen molar-refractivity contribution in [3.8, 4) is 11.5 Å². The van der Waals surface area contributed by atoms with Gasteiger partial charge in [-0.15, -0.1) is 0 Å². The first-order valence-electron chi connectivity index (χ1n) is 31.1. The molecule has 0 saturated heterocycles. The van der Waals surface area contributed by atoms with E-state index in [0.717, 1.165) is 24.3 Å². The van der Waals surface area contributed by atoms with Crippen molar-refractivity contribution in [1.29, 1.82) is 0 Å². The van der Waals surface area contributed by atoms with Crippen LogP contribution in [0, 0.1) is 0 Å². The topological polar surface area (TPSA) is 46.2 Å². The Bertz CT molecular complexity index is 1370. The van der Waals surface area contributed by atoms with Gasteiger partial charge in [0.2, 0.25) is 0 Å². The number of hydrogen-bond acceptors (Lipinski definition) is 5. The van der Waals surface area contributed by atoms with Gasteiger partial charge in [0.1, 0.15) is 0 Å². The van der Waals surface area contributed by atoms with Crippen LogP contribution in [0.2, 0.25) is 0 Å². The van der Waals surface area contributed by atoms with Crippen molar-refractivity contribution < 1.29 is 23.2 Å². The number of ether oxygens (including phenoxy) is 2. The Morgan fingerprint density at radius 1 is 0.324 bits per heavy atom. The number of unbranched alkanes of at least 4 members (excludes halogenated alkanes) is 30. The quantitative estimate of drug-likeness (QED) is 0.0375. The Kier molecular flexibility index (Phi) is 40.3. The van der Waals surface area contributed by atoms with E-state index in [1.165, 1.54) is 278 Å². The van der Waals surface area contributed by atoms with Gasteiger partial charge in [-0.05, 0) is 0 Å². The first kappa shape index (κ1) is 65.5. The third-order valence-corrected chi connectivity index (χ3v) is 22.4. The molecule has 0 aliphatic rings. The summed E-state index contributed by atoms with van der Waals surface area (Å²) in [6.45, 7) is 12.0. The van der Waals surface area contributed by atoms with Gasteiger partial charge in [0.05, 0.1) is 0 Å². The van der Waals surface area contributed by atoms with Gasteiger partial charge >= 0.3 is 418 Å². The normalized spacial score (nSPS) is 12.4. The van der Waals surface area contributed by atoms with Crippen molar-refractivity contribution in [3.63, 3.8) is 0 Å². The van der Waals surface area contributed by atoms with Crippen molar-refractivity contribution in [1.82, 2.24) is 0 Å². The molecule has 2 rings (SSSR count). The van der Waals surface area contributed by atoms with E-state index >= 15 is 0 Å². The zero-order chi connectivity index (χ0) is 51.4. The number of benzene rings is 2. The van der Waals surface area contributed by atoms with E-state index in [-0.39, 0.29) is 0 Å². The van der Waals surface area contributed by atoms with Gasteiger partial charge < -0.3 is 0 Å². The van der Waals surface area contributed by atoms with Crippen LogP contribution in [0.4, 0.5) is 0 Å². The van der Waals surface area contributed by atoms with E-state index in [2.05, 4.69) is 77.9 Å². The number of rotatable bonds is 52. The summed E-state index contributed by atoms with van der Waals surface area (Å²) in [5.74, 6) is 1.86. The Labute approximate surface area is 443 Å². The second-order valence-electron chi connectivity index (χ2n) is 22.1. The molecule has 412 valence electrons. The molecule has 0 fully saturated rings. The van der Waals surface area contributed by atoms with Crippen LogP contribution >= 0.6 is 6.83 Å². The van der Waals surface area contributed by atoms with Crippen LogP contribution in [0.15, 0.2) is 36.4 Å². The van der Waals surface area contributed by atoms with Crippen molar-refractivity contribution in [2.75, 3.05) is 38.9 Å². The Balaban J connectivity index is 2.75. The van der Waals surface area contributed by atoms with Crippen LogP contribution in [0.5, 0.6) is 11.5 Å². The molecule has 5 nitrogen and oxygen atoms in total. The van der Waals surface area contributed by atoms with Gasteiger partial charge in [-0.25, -0.2) is 0 Å². The summed E-state index contributed by atoms with van der Waals surface area (Å²) in [6, 6.07) is 13.3. The molecule has 71 heavy (non-hydrogen) atoms. The Hall–Kier alpha value is -1.59. The molecule has 0 atom stereocenters. The molecular formula is C64H118BO5P. The van der Waals surface area contributed by atoms with Gasteiger partial charge in [-0.3, -0.25) is 0 Å². The number of aryl methyl sites for hydroxylation is 2. The summed E-state index contributed by atoms with van der Waals surface area (Å²) in [4.78, 5) is 0. The Morgan fingerprint density at radius 2 is 0.592 bits per heavy atom. The summed E-state index contributed by atoms with van der Waals surface area (Å²) in [6.07, 6.45) is 53.8. The molecular weight excluding hydrogens is 890 g/mol. The molecule has 0 spiro atoms. The van der Waals surface area contributed by atoms with E-state index in [0.29, 0.717) is 13.2 Å². The van der Waals surface area contributed by atoms with Crippen molar-refractivity contribution in [3.05, 3.63) is 58.7 Å². The van der Waals surface area contributed by atoms with E-state index in [9.17, 15) is 0 Å². The van der Waals surface area contributed by atoms with Gasteiger partial charge in [0.15, 0.2) is 0 Å².